The van der Waals surface area contributed by atoms with Gasteiger partial charge in [-0.2, -0.15) is 0 Å². The number of nitrogens with zero attached hydrogens (tertiary/aromatic N) is 1. The molecule has 0 unspecified atom stereocenters. The number of anilines is 1. The summed E-state index contributed by atoms with van der Waals surface area (Å²) in [7, 11) is 0. The number of fused-ring (bicyclic) bond motifs is 1. The fraction of sp³-hybridized carbons (Fsp3) is 0.316. The minimum Gasteiger partial charge on any atom is -0.486 e. The molecule has 2 aliphatic rings. The summed E-state index contributed by atoms with van der Waals surface area (Å²) in [6, 6.07) is 13.0. The van der Waals surface area contributed by atoms with Gasteiger partial charge in [-0.15, -0.1) is 0 Å². The van der Waals surface area contributed by atoms with E-state index in [1.807, 2.05) is 23.1 Å². The van der Waals surface area contributed by atoms with E-state index in [0.717, 1.165) is 42.1 Å². The molecule has 2 aromatic carbocycles. The first-order chi connectivity index (χ1) is 12.2. The van der Waals surface area contributed by atoms with Gasteiger partial charge >= 0.3 is 6.03 Å². The van der Waals surface area contributed by atoms with Crippen molar-refractivity contribution in [3.8, 4) is 11.5 Å². The molecule has 130 valence electrons. The van der Waals surface area contributed by atoms with Crippen LogP contribution in [-0.4, -0.2) is 30.7 Å². The SMILES string of the molecule is O=C(Nc1ccc(Cl)cc1)N1CCC[C@@H]1c1ccc2c(c1)OCCO2. The maximum absolute atomic E-state index is 12.7. The molecule has 25 heavy (non-hydrogen) atoms. The van der Waals surface area contributed by atoms with Crippen molar-refractivity contribution in [1.29, 1.82) is 0 Å². The molecular formula is C19H19ClN2O3. The molecule has 2 aliphatic heterocycles. The number of ether oxygens (including phenoxy) is 2. The van der Waals surface area contributed by atoms with Crippen LogP contribution in [-0.2, 0) is 0 Å². The number of likely N-dealkylation sites (tertiary alicyclic amines) is 1. The van der Waals surface area contributed by atoms with Crippen LogP contribution in [0, 0.1) is 0 Å². The molecule has 2 heterocycles. The highest BCUT2D eigenvalue weighted by atomic mass is 35.5. The van der Waals surface area contributed by atoms with Crippen LogP contribution in [0.2, 0.25) is 5.02 Å². The summed E-state index contributed by atoms with van der Waals surface area (Å²) in [5, 5.41) is 3.59. The summed E-state index contributed by atoms with van der Waals surface area (Å²) < 4.78 is 11.2. The summed E-state index contributed by atoms with van der Waals surface area (Å²) in [4.78, 5) is 14.6. The fourth-order valence-electron chi connectivity index (χ4n) is 3.35. The molecule has 1 saturated heterocycles. The Hall–Kier alpha value is -2.40. The third kappa shape index (κ3) is 3.37. The lowest BCUT2D eigenvalue weighted by Gasteiger charge is -2.27. The second-order valence-corrected chi connectivity index (χ2v) is 6.63. The molecule has 1 atom stereocenters. The third-order valence-corrected chi connectivity index (χ3v) is 4.81. The van der Waals surface area contributed by atoms with Crippen LogP contribution < -0.4 is 14.8 Å². The summed E-state index contributed by atoms with van der Waals surface area (Å²) in [6.45, 7) is 1.87. The number of amides is 2. The average Bonchev–Trinajstić information content (AvgIpc) is 3.13. The first-order valence-electron chi connectivity index (χ1n) is 8.43. The van der Waals surface area contributed by atoms with E-state index in [2.05, 4.69) is 5.32 Å². The molecule has 0 radical (unpaired) electrons. The molecular weight excluding hydrogens is 340 g/mol. The van der Waals surface area contributed by atoms with Crippen LogP contribution in [0.25, 0.3) is 0 Å². The van der Waals surface area contributed by atoms with Crippen molar-refractivity contribution < 1.29 is 14.3 Å². The standard InChI is InChI=1S/C19H19ClN2O3/c20-14-4-6-15(7-5-14)21-19(23)22-9-1-2-16(22)13-3-8-17-18(12-13)25-11-10-24-17/h3-8,12,16H,1-2,9-11H2,(H,21,23)/t16-/m1/s1. The predicted molar refractivity (Wildman–Crippen MR) is 96.6 cm³/mol. The van der Waals surface area contributed by atoms with Crippen LogP contribution in [0.3, 0.4) is 0 Å². The van der Waals surface area contributed by atoms with Crippen LogP contribution in [0.4, 0.5) is 10.5 Å². The highest BCUT2D eigenvalue weighted by Crippen LogP contribution is 2.38. The Labute approximate surface area is 151 Å². The van der Waals surface area contributed by atoms with E-state index in [1.165, 1.54) is 0 Å². The molecule has 0 saturated carbocycles. The van der Waals surface area contributed by atoms with E-state index in [4.69, 9.17) is 21.1 Å². The fourth-order valence-corrected chi connectivity index (χ4v) is 3.48. The van der Waals surface area contributed by atoms with Gasteiger partial charge in [-0.05, 0) is 54.8 Å². The zero-order chi connectivity index (χ0) is 17.2. The van der Waals surface area contributed by atoms with Gasteiger partial charge in [0.25, 0.3) is 0 Å². The van der Waals surface area contributed by atoms with Gasteiger partial charge in [0.1, 0.15) is 13.2 Å². The zero-order valence-electron chi connectivity index (χ0n) is 13.7. The van der Waals surface area contributed by atoms with E-state index in [9.17, 15) is 4.79 Å². The Morgan fingerprint density at radius 2 is 1.84 bits per heavy atom. The van der Waals surface area contributed by atoms with Crippen molar-refractivity contribution in [2.45, 2.75) is 18.9 Å². The average molecular weight is 359 g/mol. The number of nitrogens with one attached hydrogen (secondary N) is 1. The number of halogens is 1. The van der Waals surface area contributed by atoms with Crippen molar-refractivity contribution in [2.24, 2.45) is 0 Å². The number of benzene rings is 2. The first kappa shape index (κ1) is 16.1. The lowest BCUT2D eigenvalue weighted by Crippen LogP contribution is -2.34. The van der Waals surface area contributed by atoms with Crippen LogP contribution in [0.5, 0.6) is 11.5 Å². The van der Waals surface area contributed by atoms with Crippen LogP contribution in [0.15, 0.2) is 42.5 Å². The highest BCUT2D eigenvalue weighted by Gasteiger charge is 2.31. The molecule has 0 aliphatic carbocycles. The number of carbonyl (C=O) groups is 1. The van der Waals surface area contributed by atoms with E-state index in [1.54, 1.807) is 24.3 Å². The minimum absolute atomic E-state index is 0.0446. The monoisotopic (exact) mass is 358 g/mol. The van der Waals surface area contributed by atoms with Gasteiger partial charge < -0.3 is 19.7 Å². The number of urea groups is 1. The molecule has 1 N–H and O–H groups in total. The second kappa shape index (κ2) is 6.84. The van der Waals surface area contributed by atoms with Crippen molar-refractivity contribution in [2.75, 3.05) is 25.1 Å². The molecule has 4 rings (SSSR count). The molecule has 6 heteroatoms. The number of carbonyl (C=O) groups excluding carboxylic acids is 1. The van der Waals surface area contributed by atoms with Crippen molar-refractivity contribution in [3.05, 3.63) is 53.1 Å². The number of rotatable bonds is 2. The lowest BCUT2D eigenvalue weighted by molar-refractivity contribution is 0.170. The highest BCUT2D eigenvalue weighted by molar-refractivity contribution is 6.30. The van der Waals surface area contributed by atoms with Crippen LogP contribution >= 0.6 is 11.6 Å². The topological polar surface area (TPSA) is 50.8 Å². The summed E-state index contributed by atoms with van der Waals surface area (Å²) >= 11 is 5.89. The maximum Gasteiger partial charge on any atom is 0.322 e. The van der Waals surface area contributed by atoms with E-state index >= 15 is 0 Å². The Balaban J connectivity index is 1.51. The van der Waals surface area contributed by atoms with Crippen LogP contribution in [0.1, 0.15) is 24.4 Å². The smallest absolute Gasteiger partial charge is 0.322 e. The Bertz CT molecular complexity index is 779. The second-order valence-electron chi connectivity index (χ2n) is 6.19. The molecule has 1 fully saturated rings. The van der Waals surface area contributed by atoms with E-state index < -0.39 is 0 Å². The molecule has 0 spiro atoms. The molecule has 0 aromatic heterocycles. The molecule has 0 bridgehead atoms. The first-order valence-corrected chi connectivity index (χ1v) is 8.81. The van der Waals surface area contributed by atoms with Crippen molar-refractivity contribution >= 4 is 23.3 Å². The Morgan fingerprint density at radius 1 is 1.08 bits per heavy atom. The summed E-state index contributed by atoms with van der Waals surface area (Å²) in [6.07, 6.45) is 1.92. The largest absolute Gasteiger partial charge is 0.486 e. The van der Waals surface area contributed by atoms with Gasteiger partial charge in [0.2, 0.25) is 0 Å². The number of hydrogen-bond donors (Lipinski definition) is 1. The van der Waals surface area contributed by atoms with Gasteiger partial charge in [0.05, 0.1) is 6.04 Å². The van der Waals surface area contributed by atoms with Gasteiger partial charge in [0, 0.05) is 17.3 Å². The maximum atomic E-state index is 12.7. The normalized spacial score (nSPS) is 18.9. The minimum atomic E-state index is -0.0975. The molecule has 2 amide bonds. The summed E-state index contributed by atoms with van der Waals surface area (Å²) in [5.74, 6) is 1.53. The van der Waals surface area contributed by atoms with E-state index in [0.29, 0.717) is 18.2 Å². The van der Waals surface area contributed by atoms with Gasteiger partial charge in [-0.25, -0.2) is 4.79 Å². The van der Waals surface area contributed by atoms with Crippen molar-refractivity contribution in [3.63, 3.8) is 0 Å². The third-order valence-electron chi connectivity index (χ3n) is 4.56. The van der Waals surface area contributed by atoms with Gasteiger partial charge in [-0.1, -0.05) is 17.7 Å². The zero-order valence-corrected chi connectivity index (χ0v) is 14.5. The summed E-state index contributed by atoms with van der Waals surface area (Å²) in [5.41, 5.74) is 1.82. The van der Waals surface area contributed by atoms with E-state index in [-0.39, 0.29) is 12.1 Å². The Kier molecular flexibility index (Phi) is 4.40. The number of hydrogen-bond acceptors (Lipinski definition) is 3. The van der Waals surface area contributed by atoms with Gasteiger partial charge in [-0.3, -0.25) is 0 Å². The molecule has 5 nitrogen and oxygen atoms in total. The Morgan fingerprint density at radius 3 is 2.64 bits per heavy atom. The lowest BCUT2D eigenvalue weighted by atomic mass is 10.0. The molecule has 2 aromatic rings. The van der Waals surface area contributed by atoms with Gasteiger partial charge in [0.15, 0.2) is 11.5 Å². The predicted octanol–water partition coefficient (Wildman–Crippen LogP) is 4.48. The quantitative estimate of drug-likeness (QED) is 0.861. The van der Waals surface area contributed by atoms with Crippen molar-refractivity contribution in [1.82, 2.24) is 4.90 Å².